The SMILES string of the molecule is CC(C)(C)C(Br)(Br)C12CCC(CC1)C2. The molecule has 2 saturated carbocycles. The second-order valence-corrected chi connectivity index (χ2v) is 9.70. The molecule has 0 saturated heterocycles. The van der Waals surface area contributed by atoms with E-state index in [0.29, 0.717) is 5.41 Å². The average Bonchev–Trinajstić information content (AvgIpc) is 2.61. The molecule has 14 heavy (non-hydrogen) atoms. The maximum atomic E-state index is 3.99. The van der Waals surface area contributed by atoms with E-state index in [0.717, 1.165) is 5.92 Å². The Labute approximate surface area is 104 Å². The van der Waals surface area contributed by atoms with Crippen LogP contribution in [0.25, 0.3) is 0 Å². The first kappa shape index (κ1) is 11.4. The molecule has 2 rings (SSSR count). The van der Waals surface area contributed by atoms with Crippen LogP contribution in [0.5, 0.6) is 0 Å². The van der Waals surface area contributed by atoms with Crippen molar-refractivity contribution in [1.82, 2.24) is 0 Å². The van der Waals surface area contributed by atoms with Crippen LogP contribution in [0.1, 0.15) is 52.9 Å². The molecule has 0 amide bonds. The molecular weight excluding hydrogens is 304 g/mol. The second kappa shape index (κ2) is 3.23. The van der Waals surface area contributed by atoms with E-state index in [1.807, 2.05) is 0 Å². The molecule has 0 radical (unpaired) electrons. The van der Waals surface area contributed by atoms with Gasteiger partial charge in [0, 0.05) is 0 Å². The molecule has 2 aliphatic carbocycles. The van der Waals surface area contributed by atoms with Crippen LogP contribution in [0, 0.1) is 16.7 Å². The van der Waals surface area contributed by atoms with Crippen LogP contribution in [-0.4, -0.2) is 3.23 Å². The van der Waals surface area contributed by atoms with Gasteiger partial charge < -0.3 is 0 Å². The van der Waals surface area contributed by atoms with E-state index in [1.165, 1.54) is 32.1 Å². The number of fused-ring (bicyclic) bond motifs is 2. The summed E-state index contributed by atoms with van der Waals surface area (Å²) < 4.78 is 0.130. The Bertz CT molecular complexity index is 229. The van der Waals surface area contributed by atoms with Gasteiger partial charge >= 0.3 is 0 Å². The zero-order valence-electron chi connectivity index (χ0n) is 9.37. The van der Waals surface area contributed by atoms with E-state index in [2.05, 4.69) is 52.6 Å². The van der Waals surface area contributed by atoms with E-state index in [1.54, 1.807) is 0 Å². The highest BCUT2D eigenvalue weighted by atomic mass is 79.9. The van der Waals surface area contributed by atoms with E-state index in [4.69, 9.17) is 0 Å². The van der Waals surface area contributed by atoms with Gasteiger partial charge in [0.25, 0.3) is 0 Å². The summed E-state index contributed by atoms with van der Waals surface area (Å²) in [5.74, 6) is 1.02. The Kier molecular flexibility index (Phi) is 2.64. The molecule has 2 fully saturated rings. The lowest BCUT2D eigenvalue weighted by Crippen LogP contribution is -2.45. The molecule has 0 unspecified atom stereocenters. The predicted molar refractivity (Wildman–Crippen MR) is 69.0 cm³/mol. The Balaban J connectivity index is 2.29. The first-order chi connectivity index (χ1) is 6.29. The summed E-state index contributed by atoms with van der Waals surface area (Å²) in [6.45, 7) is 6.99. The second-order valence-electron chi connectivity index (χ2n) is 6.25. The van der Waals surface area contributed by atoms with Gasteiger partial charge in [-0.3, -0.25) is 0 Å². The summed E-state index contributed by atoms with van der Waals surface area (Å²) in [6.07, 6.45) is 7.15. The first-order valence-electron chi connectivity index (χ1n) is 5.66. The summed E-state index contributed by atoms with van der Waals surface area (Å²) in [5.41, 5.74) is 0.808. The van der Waals surface area contributed by atoms with Crippen LogP contribution in [0.4, 0.5) is 0 Å². The standard InChI is InChI=1S/C12H20Br2/c1-10(2,3)12(13,14)11-6-4-9(8-11)5-7-11/h9H,4-8H2,1-3H3. The summed E-state index contributed by atoms with van der Waals surface area (Å²) in [4.78, 5) is 0. The zero-order chi connectivity index (χ0) is 10.6. The molecule has 2 heteroatoms. The van der Waals surface area contributed by atoms with Gasteiger partial charge in [-0.05, 0) is 48.9 Å². The van der Waals surface area contributed by atoms with Crippen molar-refractivity contribution in [2.75, 3.05) is 0 Å². The van der Waals surface area contributed by atoms with E-state index in [-0.39, 0.29) is 8.65 Å². The molecule has 0 nitrogen and oxygen atoms in total. The van der Waals surface area contributed by atoms with Crippen LogP contribution in [0.2, 0.25) is 0 Å². The zero-order valence-corrected chi connectivity index (χ0v) is 12.5. The number of alkyl halides is 2. The average molecular weight is 324 g/mol. The van der Waals surface area contributed by atoms with Gasteiger partial charge in [-0.2, -0.15) is 0 Å². The van der Waals surface area contributed by atoms with Crippen molar-refractivity contribution < 1.29 is 0 Å². The minimum Gasteiger partial charge on any atom is -0.0715 e. The normalized spacial score (nSPS) is 37.9. The van der Waals surface area contributed by atoms with Gasteiger partial charge in [0.15, 0.2) is 0 Å². The van der Waals surface area contributed by atoms with E-state index < -0.39 is 0 Å². The van der Waals surface area contributed by atoms with Crippen LogP contribution in [-0.2, 0) is 0 Å². The van der Waals surface area contributed by atoms with Crippen molar-refractivity contribution in [3.63, 3.8) is 0 Å². The highest BCUT2D eigenvalue weighted by Crippen LogP contribution is 2.68. The van der Waals surface area contributed by atoms with Gasteiger partial charge in [-0.1, -0.05) is 52.6 Å². The third-order valence-electron chi connectivity index (χ3n) is 4.35. The van der Waals surface area contributed by atoms with Gasteiger partial charge in [0.2, 0.25) is 0 Å². The van der Waals surface area contributed by atoms with Gasteiger partial charge in [-0.25, -0.2) is 0 Å². The van der Waals surface area contributed by atoms with Crippen LogP contribution < -0.4 is 0 Å². The highest BCUT2D eigenvalue weighted by molar-refractivity contribution is 9.25. The van der Waals surface area contributed by atoms with Gasteiger partial charge in [-0.15, -0.1) is 0 Å². The molecular formula is C12H20Br2. The molecule has 0 aromatic heterocycles. The van der Waals surface area contributed by atoms with Gasteiger partial charge in [0.1, 0.15) is 0 Å². The lowest BCUT2D eigenvalue weighted by atomic mass is 9.71. The van der Waals surface area contributed by atoms with E-state index in [9.17, 15) is 0 Å². The molecule has 0 aliphatic heterocycles. The largest absolute Gasteiger partial charge is 0.0909 e. The van der Waals surface area contributed by atoms with Crippen molar-refractivity contribution in [2.24, 2.45) is 16.7 Å². The molecule has 0 heterocycles. The summed E-state index contributed by atoms with van der Waals surface area (Å²) in [5, 5.41) is 0. The van der Waals surface area contributed by atoms with Crippen LogP contribution >= 0.6 is 31.9 Å². The minimum absolute atomic E-state index is 0.130. The van der Waals surface area contributed by atoms with Crippen LogP contribution in [0.15, 0.2) is 0 Å². The fraction of sp³-hybridized carbons (Fsp3) is 1.00. The highest BCUT2D eigenvalue weighted by Gasteiger charge is 2.59. The fourth-order valence-corrected chi connectivity index (χ4v) is 4.55. The minimum atomic E-state index is 0.130. The van der Waals surface area contributed by atoms with Crippen molar-refractivity contribution in [1.29, 1.82) is 0 Å². The lowest BCUT2D eigenvalue weighted by Gasteiger charge is -2.48. The number of halogens is 2. The Morgan fingerprint density at radius 1 is 1.07 bits per heavy atom. The number of hydrogen-bond donors (Lipinski definition) is 0. The molecule has 0 atom stereocenters. The Morgan fingerprint density at radius 2 is 1.57 bits per heavy atom. The van der Waals surface area contributed by atoms with Crippen molar-refractivity contribution >= 4 is 31.9 Å². The number of hydrogen-bond acceptors (Lipinski definition) is 0. The third-order valence-corrected chi connectivity index (χ3v) is 8.41. The van der Waals surface area contributed by atoms with Crippen molar-refractivity contribution in [3.8, 4) is 0 Å². The molecule has 0 spiro atoms. The molecule has 0 aromatic rings. The smallest absolute Gasteiger partial charge is 0.0715 e. The van der Waals surface area contributed by atoms with Crippen molar-refractivity contribution in [2.45, 2.75) is 56.1 Å². The monoisotopic (exact) mass is 322 g/mol. The lowest BCUT2D eigenvalue weighted by molar-refractivity contribution is 0.177. The molecule has 82 valence electrons. The molecule has 2 aliphatic rings. The fourth-order valence-electron chi connectivity index (χ4n) is 3.43. The molecule has 2 bridgehead atoms. The van der Waals surface area contributed by atoms with E-state index >= 15 is 0 Å². The predicted octanol–water partition coefficient (Wildman–Crippen LogP) is 5.10. The van der Waals surface area contributed by atoms with Crippen molar-refractivity contribution in [3.05, 3.63) is 0 Å². The molecule has 0 aromatic carbocycles. The topological polar surface area (TPSA) is 0 Å². The van der Waals surface area contributed by atoms with Crippen LogP contribution in [0.3, 0.4) is 0 Å². The third kappa shape index (κ3) is 1.43. The molecule has 0 N–H and O–H groups in total. The van der Waals surface area contributed by atoms with Gasteiger partial charge in [0.05, 0.1) is 3.23 Å². The summed E-state index contributed by atoms with van der Waals surface area (Å²) in [6, 6.07) is 0. The first-order valence-corrected chi connectivity index (χ1v) is 7.25. The Hall–Kier alpha value is 0.960. The maximum absolute atomic E-state index is 3.99. The maximum Gasteiger partial charge on any atom is 0.0909 e. The summed E-state index contributed by atoms with van der Waals surface area (Å²) >= 11 is 7.98. The number of rotatable bonds is 1. The summed E-state index contributed by atoms with van der Waals surface area (Å²) in [7, 11) is 0. The Morgan fingerprint density at radius 3 is 1.86 bits per heavy atom. The quantitative estimate of drug-likeness (QED) is 0.589.